The molecule has 2 atom stereocenters. The van der Waals surface area contributed by atoms with Gasteiger partial charge < -0.3 is 0 Å². The van der Waals surface area contributed by atoms with Crippen LogP contribution >= 0.6 is 17.0 Å². The molecule has 2 heterocycles. The van der Waals surface area contributed by atoms with Crippen LogP contribution in [0.2, 0.25) is 13.1 Å². The summed E-state index contributed by atoms with van der Waals surface area (Å²) in [7, 11) is 17.2. The van der Waals surface area contributed by atoms with Crippen molar-refractivity contribution in [1.82, 2.24) is 19.5 Å². The van der Waals surface area contributed by atoms with E-state index in [9.17, 15) is 0 Å². The Kier molecular flexibility index (Phi) is 7.22. The molecule has 0 bridgehead atoms. The average Bonchev–Trinajstić information content (AvgIpc) is 3.78. The summed E-state index contributed by atoms with van der Waals surface area (Å²) >= 11 is -5.08. The maximum absolute atomic E-state index is 8.62. The number of halogens is 2. The van der Waals surface area contributed by atoms with Crippen molar-refractivity contribution in [3.05, 3.63) is 144 Å². The molecule has 0 radical (unpaired) electrons. The Morgan fingerprint density at radius 1 is 0.696 bits per heavy atom. The van der Waals surface area contributed by atoms with Gasteiger partial charge in [0.05, 0.1) is 0 Å². The van der Waals surface area contributed by atoms with E-state index >= 15 is 0 Å². The standard InChI is InChI=1S/C20H13N4.C16H13.C2H6Si.2ClH.Zr/c1-2-5-14(6-3-1)17-8-4-7-15-9-16(10-18(15)17)24-13-23-19-11-21-12-22-20(19)24;1-12-10-14-8-5-9-15(16(14)11-12)13-6-3-2-4-7-13;1-3-2;;;/h1-13H;2-11H,1H3;1-2H3;2*1H;/q;;;;;+2/p-2. The molecule has 0 amide bonds. The third-order valence-electron chi connectivity index (χ3n) is 9.99. The number of benzene rings is 4. The Balaban J connectivity index is 1.42. The van der Waals surface area contributed by atoms with Crippen molar-refractivity contribution in [2.24, 2.45) is 0 Å². The molecule has 0 fully saturated rings. The fourth-order valence-electron chi connectivity index (χ4n) is 7.84. The van der Waals surface area contributed by atoms with E-state index in [0.717, 1.165) is 16.9 Å². The summed E-state index contributed by atoms with van der Waals surface area (Å²) in [5.74, 6) is 0. The Bertz CT molecular complexity index is 2320. The molecule has 0 spiro atoms. The van der Waals surface area contributed by atoms with Gasteiger partial charge in [0.1, 0.15) is 0 Å². The van der Waals surface area contributed by atoms with Gasteiger partial charge in [-0.25, -0.2) is 0 Å². The monoisotopic (exact) mass is 732 g/mol. The fourth-order valence-corrected chi connectivity index (χ4v) is 36.7. The van der Waals surface area contributed by atoms with Crippen LogP contribution in [0.5, 0.6) is 0 Å². The molecule has 6 aromatic rings. The first-order valence-corrected chi connectivity index (χ1v) is 30.9. The number of allylic oxidation sites excluding steroid dienone is 2. The molecule has 2 aromatic heterocycles. The first-order chi connectivity index (χ1) is 22.3. The second-order valence-corrected chi connectivity index (χ2v) is 51.5. The first-order valence-electron chi connectivity index (χ1n) is 15.5. The second kappa shape index (κ2) is 11.1. The molecule has 0 saturated heterocycles. The number of imidazole rings is 1. The van der Waals surface area contributed by atoms with Gasteiger partial charge in [-0.2, -0.15) is 0 Å². The van der Waals surface area contributed by atoms with Crippen molar-refractivity contribution in [3.63, 3.8) is 0 Å². The van der Waals surface area contributed by atoms with Crippen LogP contribution in [0, 0.1) is 0 Å². The van der Waals surface area contributed by atoms with Crippen molar-refractivity contribution >= 4 is 51.5 Å². The fraction of sp³-hybridized carbons (Fsp3) is 0.132. The molecule has 0 saturated carbocycles. The summed E-state index contributed by atoms with van der Waals surface area (Å²) in [6.07, 6.45) is 9.88. The summed E-state index contributed by atoms with van der Waals surface area (Å²) in [4.78, 5) is 13.6. The molecule has 2 unspecified atom stereocenters. The quantitative estimate of drug-likeness (QED) is 0.166. The molecule has 2 aliphatic carbocycles. The van der Waals surface area contributed by atoms with Crippen LogP contribution in [-0.2, 0) is 15.0 Å². The van der Waals surface area contributed by atoms with E-state index in [2.05, 4.69) is 144 Å². The summed E-state index contributed by atoms with van der Waals surface area (Å²) in [6, 6.07) is 34.5. The molecule has 0 aliphatic heterocycles. The van der Waals surface area contributed by atoms with Gasteiger partial charge in [0.15, 0.2) is 0 Å². The van der Waals surface area contributed by atoms with Gasteiger partial charge in [-0.05, 0) is 0 Å². The zero-order chi connectivity index (χ0) is 31.7. The summed E-state index contributed by atoms with van der Waals surface area (Å²) in [5.41, 5.74) is 12.2. The van der Waals surface area contributed by atoms with Crippen LogP contribution < -0.4 is 0 Å². The zero-order valence-corrected chi connectivity index (χ0v) is 30.8. The van der Waals surface area contributed by atoms with E-state index in [-0.39, 0.29) is 7.25 Å². The minimum atomic E-state index is -5.08. The Labute approximate surface area is 277 Å². The molecule has 46 heavy (non-hydrogen) atoms. The SMILES string of the molecule is CC1=Cc2c(-c3ccccc3)cccc2[CH]1[Zr]([Cl])([Cl])([CH]1C(n2cnc3cncnc32)=Cc2c(-c3ccccc3)cccc21)=[Si](C)C. The third kappa shape index (κ3) is 4.37. The number of nitrogens with zero attached hydrogens (tertiary/aromatic N) is 4. The molecular formula is C38H32Cl2N4SiZr. The molecule has 2 aliphatic rings. The molecule has 8 heteroatoms. The Morgan fingerprint density at radius 3 is 1.89 bits per heavy atom. The second-order valence-electron chi connectivity index (χ2n) is 12.7. The number of aromatic nitrogens is 4. The Hall–Kier alpha value is -3.41. The number of hydrogen-bond acceptors (Lipinski definition) is 3. The van der Waals surface area contributed by atoms with Crippen LogP contribution in [0.25, 0.3) is 51.3 Å². The van der Waals surface area contributed by atoms with Crippen molar-refractivity contribution in [3.8, 4) is 22.3 Å². The third-order valence-corrected chi connectivity index (χ3v) is 56.6. The van der Waals surface area contributed by atoms with Gasteiger partial charge in [-0.3, -0.25) is 0 Å². The van der Waals surface area contributed by atoms with E-state index in [1.807, 2.05) is 6.33 Å². The number of fused-ring (bicyclic) bond motifs is 3. The van der Waals surface area contributed by atoms with Gasteiger partial charge in [-0.15, -0.1) is 0 Å². The van der Waals surface area contributed by atoms with Crippen molar-refractivity contribution in [1.29, 1.82) is 0 Å². The minimum absolute atomic E-state index is 0.0449. The van der Waals surface area contributed by atoms with E-state index in [1.165, 1.54) is 50.1 Å². The van der Waals surface area contributed by atoms with Crippen molar-refractivity contribution in [2.75, 3.05) is 0 Å². The predicted molar refractivity (Wildman–Crippen MR) is 192 cm³/mol. The van der Waals surface area contributed by atoms with Crippen molar-refractivity contribution < 1.29 is 15.0 Å². The summed E-state index contributed by atoms with van der Waals surface area (Å²) in [5, 5.41) is 0. The molecular weight excluding hydrogens is 703 g/mol. The summed E-state index contributed by atoms with van der Waals surface area (Å²) < 4.78 is 1.89. The van der Waals surface area contributed by atoms with Crippen LogP contribution in [0.4, 0.5) is 0 Å². The zero-order valence-electron chi connectivity index (χ0n) is 25.8. The topological polar surface area (TPSA) is 43.6 Å². The normalized spacial score (nSPS) is 17.4. The van der Waals surface area contributed by atoms with E-state index in [1.54, 1.807) is 12.5 Å². The maximum atomic E-state index is 8.62. The Morgan fingerprint density at radius 2 is 1.28 bits per heavy atom. The van der Waals surface area contributed by atoms with Crippen LogP contribution in [0.1, 0.15) is 36.4 Å². The predicted octanol–water partition coefficient (Wildman–Crippen LogP) is 10.6. The molecule has 0 N–H and O–H groups in total. The first kappa shape index (κ1) is 30.0. The van der Waals surface area contributed by atoms with E-state index in [0.29, 0.717) is 0 Å². The molecule has 4 nitrogen and oxygen atoms in total. The van der Waals surface area contributed by atoms with Crippen molar-refractivity contribution in [2.45, 2.75) is 27.3 Å². The van der Waals surface area contributed by atoms with Gasteiger partial charge in [-0.1, -0.05) is 0 Å². The summed E-state index contributed by atoms with van der Waals surface area (Å²) in [6.45, 7) is 6.92. The van der Waals surface area contributed by atoms with Gasteiger partial charge in [0, 0.05) is 0 Å². The van der Waals surface area contributed by atoms with E-state index in [4.69, 9.17) is 22.0 Å². The molecule has 8 rings (SSSR count). The molecule has 226 valence electrons. The van der Waals surface area contributed by atoms with Gasteiger partial charge in [0.25, 0.3) is 0 Å². The van der Waals surface area contributed by atoms with Crippen LogP contribution in [0.3, 0.4) is 0 Å². The van der Waals surface area contributed by atoms with Gasteiger partial charge in [0.2, 0.25) is 0 Å². The number of hydrogen-bond donors (Lipinski definition) is 0. The van der Waals surface area contributed by atoms with E-state index < -0.39 is 20.4 Å². The number of rotatable bonds is 5. The van der Waals surface area contributed by atoms with Gasteiger partial charge >= 0.3 is 279 Å². The van der Waals surface area contributed by atoms with Crippen LogP contribution in [0.15, 0.2) is 121 Å². The van der Waals surface area contributed by atoms with Crippen LogP contribution in [-0.4, -0.2) is 25.0 Å². The average molecular weight is 735 g/mol. The molecule has 4 aromatic carbocycles.